The summed E-state index contributed by atoms with van der Waals surface area (Å²) in [5.41, 5.74) is 0. The Morgan fingerprint density at radius 3 is 2.24 bits per heavy atom. The van der Waals surface area contributed by atoms with Gasteiger partial charge in [0.25, 0.3) is 0 Å². The zero-order valence-electron chi connectivity index (χ0n) is 15.4. The van der Waals surface area contributed by atoms with E-state index in [9.17, 15) is 12.8 Å². The standard InChI is InChI=1S/C19H19FN6O2S/c20-15-4-6-16(7-5-15)29(27,28)26-13-11-25(12-14-26)19-9-8-18(23-24-19)22-17-3-1-2-10-21-17/h1-10H,11-14H2,(H,21,22,23). The first-order chi connectivity index (χ1) is 14.0. The topological polar surface area (TPSA) is 91.3 Å². The van der Waals surface area contributed by atoms with Crippen molar-refractivity contribution in [3.8, 4) is 0 Å². The molecule has 1 N–H and O–H groups in total. The van der Waals surface area contributed by atoms with Crippen LogP contribution in [0, 0.1) is 5.82 Å². The van der Waals surface area contributed by atoms with E-state index in [4.69, 9.17) is 0 Å². The van der Waals surface area contributed by atoms with E-state index in [1.165, 1.54) is 16.4 Å². The molecule has 1 aromatic carbocycles. The maximum atomic E-state index is 13.1. The smallest absolute Gasteiger partial charge is 0.243 e. The van der Waals surface area contributed by atoms with E-state index in [0.717, 1.165) is 12.1 Å². The van der Waals surface area contributed by atoms with Crippen LogP contribution in [0.4, 0.5) is 21.8 Å². The summed E-state index contributed by atoms with van der Waals surface area (Å²) in [5.74, 6) is 1.46. The molecule has 4 rings (SSSR count). The summed E-state index contributed by atoms with van der Waals surface area (Å²) in [6, 6.07) is 14.0. The number of hydrogen-bond acceptors (Lipinski definition) is 7. The van der Waals surface area contributed by atoms with Gasteiger partial charge in [-0.2, -0.15) is 4.31 Å². The van der Waals surface area contributed by atoms with Crippen molar-refractivity contribution in [1.29, 1.82) is 0 Å². The molecule has 2 aromatic heterocycles. The third kappa shape index (κ3) is 4.33. The Labute approximate surface area is 168 Å². The normalized spacial score (nSPS) is 15.3. The van der Waals surface area contributed by atoms with Gasteiger partial charge in [0, 0.05) is 32.4 Å². The van der Waals surface area contributed by atoms with Gasteiger partial charge in [-0.15, -0.1) is 10.2 Å². The number of benzene rings is 1. The van der Waals surface area contributed by atoms with Gasteiger partial charge in [-0.25, -0.2) is 17.8 Å². The maximum absolute atomic E-state index is 13.1. The Morgan fingerprint density at radius 2 is 1.62 bits per heavy atom. The second-order valence-electron chi connectivity index (χ2n) is 6.46. The van der Waals surface area contributed by atoms with Crippen LogP contribution in [0.15, 0.2) is 65.7 Å². The number of anilines is 3. The first-order valence-corrected chi connectivity index (χ1v) is 10.5. The van der Waals surface area contributed by atoms with Gasteiger partial charge >= 0.3 is 0 Å². The van der Waals surface area contributed by atoms with Crippen LogP contribution in [0.3, 0.4) is 0 Å². The Kier molecular flexibility index (Phi) is 5.36. The number of nitrogens with zero attached hydrogens (tertiary/aromatic N) is 5. The van der Waals surface area contributed by atoms with Crippen LogP contribution in [-0.2, 0) is 10.0 Å². The zero-order valence-corrected chi connectivity index (χ0v) is 16.3. The second kappa shape index (κ2) is 8.10. The summed E-state index contributed by atoms with van der Waals surface area (Å²) in [6.45, 7) is 1.61. The first kappa shape index (κ1) is 19.2. The SMILES string of the molecule is O=S(=O)(c1ccc(F)cc1)N1CCN(c2ccc(Nc3ccccn3)nn2)CC1. The van der Waals surface area contributed by atoms with Crippen molar-refractivity contribution in [2.24, 2.45) is 0 Å². The fourth-order valence-corrected chi connectivity index (χ4v) is 4.46. The van der Waals surface area contributed by atoms with Gasteiger partial charge in [0.15, 0.2) is 11.6 Å². The third-order valence-electron chi connectivity index (χ3n) is 4.59. The molecule has 0 bridgehead atoms. The van der Waals surface area contributed by atoms with Gasteiger partial charge < -0.3 is 10.2 Å². The summed E-state index contributed by atoms with van der Waals surface area (Å²) < 4.78 is 39.9. The third-order valence-corrected chi connectivity index (χ3v) is 6.50. The number of piperazine rings is 1. The Bertz CT molecular complexity index is 1050. The van der Waals surface area contributed by atoms with Crippen molar-refractivity contribution >= 4 is 27.5 Å². The van der Waals surface area contributed by atoms with Crippen LogP contribution in [0.25, 0.3) is 0 Å². The molecular weight excluding hydrogens is 395 g/mol. The molecule has 0 unspecified atom stereocenters. The van der Waals surface area contributed by atoms with Crippen LogP contribution in [0.1, 0.15) is 0 Å². The van der Waals surface area contributed by atoms with Crippen molar-refractivity contribution in [2.45, 2.75) is 4.90 Å². The molecule has 0 aliphatic carbocycles. The van der Waals surface area contributed by atoms with Crippen LogP contribution < -0.4 is 10.2 Å². The lowest BCUT2D eigenvalue weighted by atomic mass is 10.3. The van der Waals surface area contributed by atoms with E-state index in [-0.39, 0.29) is 4.90 Å². The molecule has 0 atom stereocenters. The fraction of sp³-hybridized carbons (Fsp3) is 0.211. The van der Waals surface area contributed by atoms with Crippen molar-refractivity contribution in [3.63, 3.8) is 0 Å². The molecule has 1 saturated heterocycles. The Morgan fingerprint density at radius 1 is 0.862 bits per heavy atom. The molecule has 1 aliphatic heterocycles. The number of aromatic nitrogens is 3. The highest BCUT2D eigenvalue weighted by Gasteiger charge is 2.29. The van der Waals surface area contributed by atoms with Gasteiger partial charge in [-0.3, -0.25) is 0 Å². The molecule has 8 nitrogen and oxygen atoms in total. The van der Waals surface area contributed by atoms with Crippen LogP contribution in [0.5, 0.6) is 0 Å². The van der Waals surface area contributed by atoms with E-state index >= 15 is 0 Å². The molecule has 29 heavy (non-hydrogen) atoms. The molecule has 0 saturated carbocycles. The van der Waals surface area contributed by atoms with Gasteiger partial charge in [-0.05, 0) is 48.5 Å². The van der Waals surface area contributed by atoms with E-state index in [1.54, 1.807) is 12.3 Å². The monoisotopic (exact) mass is 414 g/mol. The number of nitrogens with one attached hydrogen (secondary N) is 1. The van der Waals surface area contributed by atoms with E-state index in [1.807, 2.05) is 29.2 Å². The van der Waals surface area contributed by atoms with Gasteiger partial charge in [-0.1, -0.05) is 6.07 Å². The summed E-state index contributed by atoms with van der Waals surface area (Å²) in [7, 11) is -3.64. The summed E-state index contributed by atoms with van der Waals surface area (Å²) in [6.07, 6.45) is 1.68. The molecule has 0 radical (unpaired) electrons. The van der Waals surface area contributed by atoms with Gasteiger partial charge in [0.1, 0.15) is 11.6 Å². The lowest BCUT2D eigenvalue weighted by Crippen LogP contribution is -2.49. The molecule has 1 aliphatic rings. The second-order valence-corrected chi connectivity index (χ2v) is 8.40. The molecule has 1 fully saturated rings. The largest absolute Gasteiger partial charge is 0.352 e. The van der Waals surface area contributed by atoms with Crippen molar-refractivity contribution in [1.82, 2.24) is 19.5 Å². The summed E-state index contributed by atoms with van der Waals surface area (Å²) >= 11 is 0. The molecule has 3 heterocycles. The molecular formula is C19H19FN6O2S. The lowest BCUT2D eigenvalue weighted by molar-refractivity contribution is 0.383. The predicted molar refractivity (Wildman–Crippen MR) is 107 cm³/mol. The zero-order chi connectivity index (χ0) is 20.3. The highest BCUT2D eigenvalue weighted by atomic mass is 32.2. The highest BCUT2D eigenvalue weighted by Crippen LogP contribution is 2.21. The Balaban J connectivity index is 1.38. The average molecular weight is 414 g/mol. The molecule has 3 aromatic rings. The number of pyridine rings is 1. The Hall–Kier alpha value is -3.11. The minimum Gasteiger partial charge on any atom is -0.352 e. The molecule has 10 heteroatoms. The minimum atomic E-state index is -3.64. The maximum Gasteiger partial charge on any atom is 0.243 e. The average Bonchev–Trinajstić information content (AvgIpc) is 2.75. The van der Waals surface area contributed by atoms with Crippen molar-refractivity contribution in [2.75, 3.05) is 36.4 Å². The molecule has 0 amide bonds. The van der Waals surface area contributed by atoms with Gasteiger partial charge in [0.2, 0.25) is 10.0 Å². The number of hydrogen-bond donors (Lipinski definition) is 1. The summed E-state index contributed by atoms with van der Waals surface area (Å²) in [4.78, 5) is 6.25. The number of sulfonamides is 1. The van der Waals surface area contributed by atoms with Crippen LogP contribution >= 0.6 is 0 Å². The number of rotatable bonds is 5. The fourth-order valence-electron chi connectivity index (χ4n) is 3.04. The molecule has 150 valence electrons. The first-order valence-electron chi connectivity index (χ1n) is 9.05. The van der Waals surface area contributed by atoms with E-state index < -0.39 is 15.8 Å². The van der Waals surface area contributed by atoms with Crippen LogP contribution in [-0.4, -0.2) is 54.1 Å². The van der Waals surface area contributed by atoms with Crippen molar-refractivity contribution in [3.05, 3.63) is 66.6 Å². The minimum absolute atomic E-state index is 0.0945. The van der Waals surface area contributed by atoms with Crippen LogP contribution in [0.2, 0.25) is 0 Å². The number of halogens is 1. The highest BCUT2D eigenvalue weighted by molar-refractivity contribution is 7.89. The van der Waals surface area contributed by atoms with E-state index in [2.05, 4.69) is 20.5 Å². The van der Waals surface area contributed by atoms with Gasteiger partial charge in [0.05, 0.1) is 4.90 Å². The summed E-state index contributed by atoms with van der Waals surface area (Å²) in [5, 5.41) is 11.5. The lowest BCUT2D eigenvalue weighted by Gasteiger charge is -2.34. The van der Waals surface area contributed by atoms with Crippen molar-refractivity contribution < 1.29 is 12.8 Å². The van der Waals surface area contributed by atoms with E-state index in [0.29, 0.717) is 43.6 Å². The quantitative estimate of drug-likeness (QED) is 0.685. The molecule has 0 spiro atoms. The predicted octanol–water partition coefficient (Wildman–Crippen LogP) is 2.27.